The summed E-state index contributed by atoms with van der Waals surface area (Å²) in [6.45, 7) is 8.19. The fraction of sp³-hybridized carbons (Fsp3) is 0.538. The highest BCUT2D eigenvalue weighted by atomic mass is 16.3. The number of phenolic OH excluding ortho intramolecular Hbond substituents is 2. The Morgan fingerprint density at radius 2 is 0.929 bits per heavy atom. The van der Waals surface area contributed by atoms with Crippen LogP contribution in [-0.2, 0) is 0 Å². The second kappa shape index (κ2) is 7.46. The van der Waals surface area contributed by atoms with Gasteiger partial charge in [0.1, 0.15) is 11.5 Å². The molecule has 150 valence electrons. The highest BCUT2D eigenvalue weighted by Gasteiger charge is 2.30. The molecule has 2 nitrogen and oxygen atoms in total. The van der Waals surface area contributed by atoms with Gasteiger partial charge in [0, 0.05) is 11.1 Å². The van der Waals surface area contributed by atoms with Crippen LogP contribution in [-0.4, -0.2) is 10.2 Å². The largest absolute Gasteiger partial charge is 0.507 e. The van der Waals surface area contributed by atoms with Crippen LogP contribution in [0.15, 0.2) is 12.1 Å². The highest BCUT2D eigenvalue weighted by molar-refractivity contribution is 5.85. The van der Waals surface area contributed by atoms with Gasteiger partial charge in [-0.2, -0.15) is 0 Å². The van der Waals surface area contributed by atoms with Crippen LogP contribution in [0.3, 0.4) is 0 Å². The van der Waals surface area contributed by atoms with E-state index in [0.717, 1.165) is 33.4 Å². The van der Waals surface area contributed by atoms with Gasteiger partial charge >= 0.3 is 0 Å². The second-order valence-corrected chi connectivity index (χ2v) is 9.23. The number of rotatable bonds is 3. The summed E-state index contributed by atoms with van der Waals surface area (Å²) >= 11 is 0. The number of aryl methyl sites for hydroxylation is 2. The molecular weight excluding hydrogens is 344 g/mol. The van der Waals surface area contributed by atoms with E-state index >= 15 is 0 Å². The van der Waals surface area contributed by atoms with Crippen molar-refractivity contribution in [3.63, 3.8) is 0 Å². The zero-order valence-electron chi connectivity index (χ0n) is 17.9. The second-order valence-electron chi connectivity index (χ2n) is 9.23. The molecule has 2 saturated carbocycles. The van der Waals surface area contributed by atoms with Crippen molar-refractivity contribution < 1.29 is 10.2 Å². The molecule has 0 saturated heterocycles. The van der Waals surface area contributed by atoms with Crippen molar-refractivity contribution in [2.75, 3.05) is 0 Å². The van der Waals surface area contributed by atoms with Gasteiger partial charge in [-0.3, -0.25) is 0 Å². The summed E-state index contributed by atoms with van der Waals surface area (Å²) < 4.78 is 0. The Bertz CT molecular complexity index is 822. The Hall–Kier alpha value is -1.96. The van der Waals surface area contributed by atoms with E-state index in [-0.39, 0.29) is 0 Å². The third-order valence-corrected chi connectivity index (χ3v) is 7.53. The van der Waals surface area contributed by atoms with Gasteiger partial charge in [-0.25, -0.2) is 0 Å². The molecule has 2 aromatic rings. The van der Waals surface area contributed by atoms with Gasteiger partial charge < -0.3 is 10.2 Å². The van der Waals surface area contributed by atoms with E-state index in [4.69, 9.17) is 0 Å². The molecule has 2 N–H and O–H groups in total. The minimum absolute atomic E-state index is 0.375. The van der Waals surface area contributed by atoms with Crippen LogP contribution in [0.25, 0.3) is 11.1 Å². The molecule has 2 aliphatic rings. The first-order valence-corrected chi connectivity index (χ1v) is 11.1. The lowest BCUT2D eigenvalue weighted by Gasteiger charge is -2.26. The number of hydrogen-bond donors (Lipinski definition) is 2. The van der Waals surface area contributed by atoms with Crippen molar-refractivity contribution in [2.24, 2.45) is 0 Å². The normalized spacial score (nSPS) is 18.3. The summed E-state index contributed by atoms with van der Waals surface area (Å²) in [5, 5.41) is 22.6. The van der Waals surface area contributed by atoms with Crippen molar-refractivity contribution in [2.45, 2.75) is 90.9 Å². The lowest BCUT2D eigenvalue weighted by atomic mass is 9.80. The van der Waals surface area contributed by atoms with Crippen LogP contribution in [0.2, 0.25) is 0 Å². The van der Waals surface area contributed by atoms with Crippen LogP contribution in [0.5, 0.6) is 11.5 Å². The summed E-state index contributed by atoms with van der Waals surface area (Å²) in [4.78, 5) is 0. The Balaban J connectivity index is 2.03. The molecule has 2 fully saturated rings. The Morgan fingerprint density at radius 1 is 0.607 bits per heavy atom. The molecule has 0 spiro atoms. The molecule has 2 heteroatoms. The molecule has 28 heavy (non-hydrogen) atoms. The first kappa shape index (κ1) is 19.4. The Morgan fingerprint density at radius 3 is 1.25 bits per heavy atom. The van der Waals surface area contributed by atoms with E-state index in [1.165, 1.54) is 62.5 Å². The molecule has 0 heterocycles. The average Bonchev–Trinajstić information content (AvgIpc) is 3.38. The van der Waals surface area contributed by atoms with Crippen molar-refractivity contribution in [1.29, 1.82) is 0 Å². The Kier molecular flexibility index (Phi) is 5.16. The SMILES string of the molecule is Cc1cc(C2CCCC2)c(-c2c(C3CCCC3)cc(C)c(C)c2O)c(O)c1C. The van der Waals surface area contributed by atoms with E-state index in [1.807, 2.05) is 13.8 Å². The number of hydrogen-bond acceptors (Lipinski definition) is 2. The van der Waals surface area contributed by atoms with Gasteiger partial charge in [-0.15, -0.1) is 0 Å². The van der Waals surface area contributed by atoms with Crippen LogP contribution in [0.4, 0.5) is 0 Å². The standard InChI is InChI=1S/C26H34O2/c1-15-13-21(19-9-5-6-10-19)23(25(27)17(15)3)24-22(20-11-7-8-12-20)14-16(2)18(4)26(24)28/h13-14,19-20,27-28H,5-12H2,1-4H3. The topological polar surface area (TPSA) is 40.5 Å². The molecule has 4 rings (SSSR count). The van der Waals surface area contributed by atoms with E-state index < -0.39 is 0 Å². The average molecular weight is 379 g/mol. The fourth-order valence-electron chi connectivity index (χ4n) is 5.49. The van der Waals surface area contributed by atoms with Gasteiger partial charge in [0.25, 0.3) is 0 Å². The van der Waals surface area contributed by atoms with Crippen LogP contribution >= 0.6 is 0 Å². The summed E-state index contributed by atoms with van der Waals surface area (Å²) in [6, 6.07) is 4.57. The third kappa shape index (κ3) is 3.11. The smallest absolute Gasteiger partial charge is 0.127 e. The first-order chi connectivity index (χ1) is 13.4. The van der Waals surface area contributed by atoms with E-state index in [1.54, 1.807) is 0 Å². The van der Waals surface area contributed by atoms with E-state index in [2.05, 4.69) is 26.0 Å². The van der Waals surface area contributed by atoms with Crippen LogP contribution < -0.4 is 0 Å². The first-order valence-electron chi connectivity index (χ1n) is 11.1. The molecule has 0 bridgehead atoms. The summed E-state index contributed by atoms with van der Waals surface area (Å²) in [6.07, 6.45) is 9.74. The third-order valence-electron chi connectivity index (χ3n) is 7.53. The molecule has 0 aromatic heterocycles. The van der Waals surface area contributed by atoms with Gasteiger partial charge in [0.05, 0.1) is 0 Å². The van der Waals surface area contributed by atoms with Crippen molar-refractivity contribution >= 4 is 0 Å². The molecular formula is C26H34O2. The summed E-state index contributed by atoms with van der Waals surface area (Å²) in [5.74, 6) is 1.72. The molecule has 0 amide bonds. The van der Waals surface area contributed by atoms with Crippen molar-refractivity contribution in [1.82, 2.24) is 0 Å². The van der Waals surface area contributed by atoms with Crippen LogP contribution in [0, 0.1) is 27.7 Å². The van der Waals surface area contributed by atoms with Gasteiger partial charge in [0.2, 0.25) is 0 Å². The minimum Gasteiger partial charge on any atom is -0.507 e. The lowest BCUT2D eigenvalue weighted by Crippen LogP contribution is -2.05. The van der Waals surface area contributed by atoms with Crippen LogP contribution in [0.1, 0.15) is 96.6 Å². The molecule has 0 radical (unpaired) electrons. The predicted octanol–water partition coefficient (Wildman–Crippen LogP) is 7.31. The zero-order chi connectivity index (χ0) is 20.0. The van der Waals surface area contributed by atoms with Gasteiger partial charge in [0.15, 0.2) is 0 Å². The summed E-state index contributed by atoms with van der Waals surface area (Å²) in [7, 11) is 0. The molecule has 0 unspecified atom stereocenters. The lowest BCUT2D eigenvalue weighted by molar-refractivity contribution is 0.462. The molecule has 0 atom stereocenters. The number of benzene rings is 2. The maximum atomic E-state index is 11.3. The van der Waals surface area contributed by atoms with E-state index in [9.17, 15) is 10.2 Å². The fourth-order valence-corrected chi connectivity index (χ4v) is 5.49. The molecule has 2 aliphatic carbocycles. The number of phenols is 2. The zero-order valence-corrected chi connectivity index (χ0v) is 17.9. The van der Waals surface area contributed by atoms with Gasteiger partial charge in [-0.05, 0) is 98.6 Å². The minimum atomic E-state index is 0.375. The monoisotopic (exact) mass is 378 g/mol. The van der Waals surface area contributed by atoms with E-state index in [0.29, 0.717) is 23.3 Å². The van der Waals surface area contributed by atoms with Crippen molar-refractivity contribution in [3.05, 3.63) is 45.5 Å². The molecule has 0 aliphatic heterocycles. The molecule has 2 aromatic carbocycles. The quantitative estimate of drug-likeness (QED) is 0.587. The maximum absolute atomic E-state index is 11.3. The predicted molar refractivity (Wildman–Crippen MR) is 117 cm³/mol. The maximum Gasteiger partial charge on any atom is 0.127 e. The summed E-state index contributed by atoms with van der Waals surface area (Å²) in [5.41, 5.74) is 8.49. The number of aromatic hydroxyl groups is 2. The van der Waals surface area contributed by atoms with Gasteiger partial charge in [-0.1, -0.05) is 37.8 Å². The Labute approximate surface area is 169 Å². The van der Waals surface area contributed by atoms with Crippen molar-refractivity contribution in [3.8, 4) is 22.6 Å². The highest BCUT2D eigenvalue weighted by Crippen LogP contribution is 2.52.